The molecule has 0 spiro atoms. The van der Waals surface area contributed by atoms with E-state index in [0.717, 1.165) is 19.6 Å². The van der Waals surface area contributed by atoms with Crippen LogP contribution in [0.3, 0.4) is 0 Å². The first-order valence-corrected chi connectivity index (χ1v) is 6.21. The van der Waals surface area contributed by atoms with Crippen molar-refractivity contribution in [2.75, 3.05) is 13.2 Å². The van der Waals surface area contributed by atoms with Crippen LogP contribution in [0.5, 0.6) is 5.75 Å². The van der Waals surface area contributed by atoms with Crippen molar-refractivity contribution in [3.05, 3.63) is 29.8 Å². The van der Waals surface area contributed by atoms with E-state index in [1.165, 1.54) is 5.56 Å². The normalized spacial score (nSPS) is 12.9. The third-order valence-electron chi connectivity index (χ3n) is 2.52. The van der Waals surface area contributed by atoms with Crippen LogP contribution in [0.25, 0.3) is 0 Å². The Bertz CT molecular complexity index is 309. The second kappa shape index (κ2) is 7.30. The number of phenolic OH excluding ortho intramolecular Hbond substituents is 1. The number of benzene rings is 1. The standard InChI is InChI=1S/C14H23NO2/c1-11(2)17-9-8-15-12(3)10-13-4-6-14(16)7-5-13/h4-7,11-12,15-16H,8-10H2,1-3H3. The molecule has 0 radical (unpaired) electrons. The summed E-state index contributed by atoms with van der Waals surface area (Å²) in [6.07, 6.45) is 1.26. The van der Waals surface area contributed by atoms with Gasteiger partial charge in [-0.05, 0) is 44.9 Å². The highest BCUT2D eigenvalue weighted by molar-refractivity contribution is 5.26. The third kappa shape index (κ3) is 6.29. The van der Waals surface area contributed by atoms with Gasteiger partial charge in [0, 0.05) is 12.6 Å². The molecular weight excluding hydrogens is 214 g/mol. The SMILES string of the molecule is CC(Cc1ccc(O)cc1)NCCOC(C)C. The van der Waals surface area contributed by atoms with Gasteiger partial charge in [-0.1, -0.05) is 12.1 Å². The monoisotopic (exact) mass is 237 g/mol. The minimum absolute atomic E-state index is 0.296. The Morgan fingerprint density at radius 1 is 1.18 bits per heavy atom. The van der Waals surface area contributed by atoms with E-state index in [9.17, 15) is 5.11 Å². The summed E-state index contributed by atoms with van der Waals surface area (Å²) in [6.45, 7) is 7.86. The fourth-order valence-electron chi connectivity index (χ4n) is 1.66. The number of hydrogen-bond donors (Lipinski definition) is 2. The molecule has 2 N–H and O–H groups in total. The Morgan fingerprint density at radius 3 is 2.41 bits per heavy atom. The second-order valence-corrected chi connectivity index (χ2v) is 4.65. The summed E-state index contributed by atoms with van der Waals surface area (Å²) in [7, 11) is 0. The Kier molecular flexibility index (Phi) is 6.01. The molecule has 0 bridgehead atoms. The molecule has 1 unspecified atom stereocenters. The highest BCUT2D eigenvalue weighted by Crippen LogP contribution is 2.11. The number of phenols is 1. The second-order valence-electron chi connectivity index (χ2n) is 4.65. The van der Waals surface area contributed by atoms with Gasteiger partial charge in [0.05, 0.1) is 12.7 Å². The zero-order valence-corrected chi connectivity index (χ0v) is 10.9. The first-order valence-electron chi connectivity index (χ1n) is 6.21. The average Bonchev–Trinajstić information content (AvgIpc) is 2.27. The highest BCUT2D eigenvalue weighted by Gasteiger charge is 2.03. The molecule has 0 aliphatic carbocycles. The molecule has 0 saturated carbocycles. The van der Waals surface area contributed by atoms with Crippen LogP contribution in [0.1, 0.15) is 26.3 Å². The number of aromatic hydroxyl groups is 1. The molecule has 1 atom stereocenters. The number of hydrogen-bond acceptors (Lipinski definition) is 3. The van der Waals surface area contributed by atoms with E-state index in [2.05, 4.69) is 12.2 Å². The minimum Gasteiger partial charge on any atom is -0.508 e. The Hall–Kier alpha value is -1.06. The first-order chi connectivity index (χ1) is 8.08. The van der Waals surface area contributed by atoms with Gasteiger partial charge >= 0.3 is 0 Å². The summed E-state index contributed by atoms with van der Waals surface area (Å²) in [5.41, 5.74) is 1.23. The molecule has 3 nitrogen and oxygen atoms in total. The molecule has 0 aliphatic rings. The van der Waals surface area contributed by atoms with Gasteiger partial charge in [0.1, 0.15) is 5.75 Å². The first kappa shape index (κ1) is 14.0. The summed E-state index contributed by atoms with van der Waals surface area (Å²) >= 11 is 0. The Balaban J connectivity index is 2.20. The maximum Gasteiger partial charge on any atom is 0.115 e. The van der Waals surface area contributed by atoms with E-state index in [1.807, 2.05) is 26.0 Å². The summed E-state index contributed by atoms with van der Waals surface area (Å²) in [4.78, 5) is 0. The van der Waals surface area contributed by atoms with E-state index in [-0.39, 0.29) is 0 Å². The van der Waals surface area contributed by atoms with Crippen molar-refractivity contribution >= 4 is 0 Å². The van der Waals surface area contributed by atoms with Gasteiger partial charge in [-0.15, -0.1) is 0 Å². The van der Waals surface area contributed by atoms with Crippen LogP contribution < -0.4 is 5.32 Å². The zero-order chi connectivity index (χ0) is 12.7. The maximum absolute atomic E-state index is 9.18. The van der Waals surface area contributed by atoms with Crippen LogP contribution in [-0.2, 0) is 11.2 Å². The van der Waals surface area contributed by atoms with E-state index in [0.29, 0.717) is 17.9 Å². The number of nitrogens with one attached hydrogen (secondary N) is 1. The van der Waals surface area contributed by atoms with Crippen molar-refractivity contribution in [3.63, 3.8) is 0 Å². The molecule has 17 heavy (non-hydrogen) atoms. The van der Waals surface area contributed by atoms with Crippen molar-refractivity contribution in [1.82, 2.24) is 5.32 Å². The van der Waals surface area contributed by atoms with Gasteiger partial charge in [0.2, 0.25) is 0 Å². The van der Waals surface area contributed by atoms with Crippen molar-refractivity contribution in [3.8, 4) is 5.75 Å². The van der Waals surface area contributed by atoms with Gasteiger partial charge < -0.3 is 15.2 Å². The minimum atomic E-state index is 0.296. The Labute approximate surface area is 104 Å². The third-order valence-corrected chi connectivity index (χ3v) is 2.52. The lowest BCUT2D eigenvalue weighted by atomic mass is 10.1. The highest BCUT2D eigenvalue weighted by atomic mass is 16.5. The van der Waals surface area contributed by atoms with E-state index in [1.54, 1.807) is 12.1 Å². The molecule has 1 rings (SSSR count). The van der Waals surface area contributed by atoms with Crippen molar-refractivity contribution in [1.29, 1.82) is 0 Å². The largest absolute Gasteiger partial charge is 0.508 e. The van der Waals surface area contributed by atoms with Gasteiger partial charge in [-0.25, -0.2) is 0 Å². The fourth-order valence-corrected chi connectivity index (χ4v) is 1.66. The van der Waals surface area contributed by atoms with Crippen molar-refractivity contribution in [2.24, 2.45) is 0 Å². The number of ether oxygens (including phenoxy) is 1. The van der Waals surface area contributed by atoms with E-state index in [4.69, 9.17) is 4.74 Å². The van der Waals surface area contributed by atoms with Crippen LogP contribution in [0.4, 0.5) is 0 Å². The summed E-state index contributed by atoms with van der Waals surface area (Å²) in [5, 5.41) is 12.6. The number of rotatable bonds is 7. The van der Waals surface area contributed by atoms with Gasteiger partial charge in [-0.2, -0.15) is 0 Å². The van der Waals surface area contributed by atoms with Crippen molar-refractivity contribution in [2.45, 2.75) is 39.3 Å². The molecule has 0 fully saturated rings. The topological polar surface area (TPSA) is 41.5 Å². The van der Waals surface area contributed by atoms with Crippen molar-refractivity contribution < 1.29 is 9.84 Å². The maximum atomic E-state index is 9.18. The molecular formula is C14H23NO2. The Morgan fingerprint density at radius 2 is 1.82 bits per heavy atom. The summed E-state index contributed by atoms with van der Waals surface area (Å²) in [5.74, 6) is 0.319. The molecule has 1 aromatic carbocycles. The molecule has 0 aliphatic heterocycles. The van der Waals surface area contributed by atoms with Gasteiger partial charge in [0.15, 0.2) is 0 Å². The van der Waals surface area contributed by atoms with Crippen LogP contribution in [-0.4, -0.2) is 30.4 Å². The van der Waals surface area contributed by atoms with Crippen LogP contribution in [0, 0.1) is 0 Å². The molecule has 1 aromatic rings. The fraction of sp³-hybridized carbons (Fsp3) is 0.571. The van der Waals surface area contributed by atoms with Crippen LogP contribution in [0.2, 0.25) is 0 Å². The van der Waals surface area contributed by atoms with E-state index >= 15 is 0 Å². The predicted molar refractivity (Wildman–Crippen MR) is 70.4 cm³/mol. The summed E-state index contributed by atoms with van der Waals surface area (Å²) < 4.78 is 5.46. The van der Waals surface area contributed by atoms with E-state index < -0.39 is 0 Å². The zero-order valence-electron chi connectivity index (χ0n) is 10.9. The molecule has 0 amide bonds. The molecule has 0 aromatic heterocycles. The predicted octanol–water partition coefficient (Wildman–Crippen LogP) is 2.34. The lowest BCUT2D eigenvalue weighted by molar-refractivity contribution is 0.0796. The molecule has 3 heteroatoms. The average molecular weight is 237 g/mol. The van der Waals surface area contributed by atoms with Gasteiger partial charge in [-0.3, -0.25) is 0 Å². The molecule has 96 valence electrons. The molecule has 0 saturated heterocycles. The summed E-state index contributed by atoms with van der Waals surface area (Å²) in [6, 6.07) is 7.78. The van der Waals surface area contributed by atoms with Gasteiger partial charge in [0.25, 0.3) is 0 Å². The smallest absolute Gasteiger partial charge is 0.115 e. The van der Waals surface area contributed by atoms with Crippen LogP contribution >= 0.6 is 0 Å². The van der Waals surface area contributed by atoms with Crippen LogP contribution in [0.15, 0.2) is 24.3 Å². The lowest BCUT2D eigenvalue weighted by Gasteiger charge is -2.15. The molecule has 0 heterocycles. The quantitative estimate of drug-likeness (QED) is 0.715. The lowest BCUT2D eigenvalue weighted by Crippen LogP contribution is -2.31.